The second-order valence-electron chi connectivity index (χ2n) is 4.18. The predicted octanol–water partition coefficient (Wildman–Crippen LogP) is 1.06. The normalized spacial score (nSPS) is 12.3. The van der Waals surface area contributed by atoms with Gasteiger partial charge in [-0.15, -0.1) is 0 Å². The fourth-order valence-corrected chi connectivity index (χ4v) is 1.06. The van der Waals surface area contributed by atoms with Crippen molar-refractivity contribution in [3.8, 4) is 0 Å². The fraction of sp³-hybridized carbons (Fsp3) is 0.818. The van der Waals surface area contributed by atoms with Crippen molar-refractivity contribution in [3.05, 3.63) is 0 Å². The van der Waals surface area contributed by atoms with E-state index in [4.69, 9.17) is 0 Å². The number of carbonyl (C=O) groups excluding carboxylic acids is 2. The van der Waals surface area contributed by atoms with E-state index in [1.807, 2.05) is 20.8 Å². The quantitative estimate of drug-likeness (QED) is 0.694. The van der Waals surface area contributed by atoms with Crippen molar-refractivity contribution in [2.24, 2.45) is 5.92 Å². The Balaban J connectivity index is 3.83. The minimum absolute atomic E-state index is 0.0651. The molecule has 0 aliphatic rings. The van der Waals surface area contributed by atoms with Gasteiger partial charge in [0.1, 0.15) is 6.04 Å². The zero-order chi connectivity index (χ0) is 11.8. The van der Waals surface area contributed by atoms with Gasteiger partial charge >= 0.3 is 0 Å². The zero-order valence-electron chi connectivity index (χ0n) is 10.1. The van der Waals surface area contributed by atoms with Crippen molar-refractivity contribution < 1.29 is 9.59 Å². The molecule has 0 aromatic rings. The van der Waals surface area contributed by atoms with Gasteiger partial charge in [-0.1, -0.05) is 20.8 Å². The molecule has 0 aliphatic heterocycles. The van der Waals surface area contributed by atoms with E-state index in [2.05, 4.69) is 10.6 Å². The molecule has 1 unspecified atom stereocenters. The van der Waals surface area contributed by atoms with Gasteiger partial charge in [0.25, 0.3) is 0 Å². The molecule has 1 atom stereocenters. The van der Waals surface area contributed by atoms with E-state index in [-0.39, 0.29) is 11.8 Å². The Morgan fingerprint density at radius 2 is 1.80 bits per heavy atom. The Bertz CT molecular complexity index is 215. The summed E-state index contributed by atoms with van der Waals surface area (Å²) in [5.74, 6) is 0.241. The second kappa shape index (κ2) is 7.26. The fourth-order valence-electron chi connectivity index (χ4n) is 1.06. The minimum atomic E-state index is -0.442. The molecule has 0 heterocycles. The maximum Gasteiger partial charge on any atom is 0.242 e. The molecule has 15 heavy (non-hydrogen) atoms. The van der Waals surface area contributed by atoms with Crippen LogP contribution in [0.4, 0.5) is 0 Å². The highest BCUT2D eigenvalue weighted by Crippen LogP contribution is 1.91. The Hall–Kier alpha value is -1.06. The summed E-state index contributed by atoms with van der Waals surface area (Å²) in [6, 6.07) is -0.442. The zero-order valence-corrected chi connectivity index (χ0v) is 10.1. The lowest BCUT2D eigenvalue weighted by molar-refractivity contribution is -0.128. The van der Waals surface area contributed by atoms with Crippen LogP contribution in [-0.2, 0) is 9.59 Å². The highest BCUT2D eigenvalue weighted by atomic mass is 16.2. The minimum Gasteiger partial charge on any atom is -0.354 e. The van der Waals surface area contributed by atoms with Gasteiger partial charge in [-0.2, -0.15) is 0 Å². The van der Waals surface area contributed by atoms with Crippen LogP contribution in [0.3, 0.4) is 0 Å². The van der Waals surface area contributed by atoms with E-state index in [9.17, 15) is 9.59 Å². The monoisotopic (exact) mass is 214 g/mol. The lowest BCUT2D eigenvalue weighted by atomic mass is 10.2. The van der Waals surface area contributed by atoms with Crippen LogP contribution in [0.25, 0.3) is 0 Å². The Morgan fingerprint density at radius 1 is 1.20 bits per heavy atom. The Kier molecular flexibility index (Phi) is 6.75. The molecule has 0 spiro atoms. The van der Waals surface area contributed by atoms with Gasteiger partial charge in [-0.3, -0.25) is 9.59 Å². The first-order valence-corrected chi connectivity index (χ1v) is 5.54. The van der Waals surface area contributed by atoms with E-state index in [1.54, 1.807) is 6.92 Å². The van der Waals surface area contributed by atoms with E-state index in [0.29, 0.717) is 18.9 Å². The van der Waals surface area contributed by atoms with E-state index >= 15 is 0 Å². The molecule has 2 amide bonds. The standard InChI is InChI=1S/C11H22N2O2/c1-5-6-10(14)13-9(4)11(15)12-7-8(2)3/h8-9H,5-7H2,1-4H3,(H,12,15)(H,13,14). The first kappa shape index (κ1) is 13.9. The number of carbonyl (C=O) groups is 2. The van der Waals surface area contributed by atoms with Crippen molar-refractivity contribution in [2.45, 2.75) is 46.6 Å². The molecular formula is C11H22N2O2. The van der Waals surface area contributed by atoms with Crippen molar-refractivity contribution in [1.82, 2.24) is 10.6 Å². The van der Waals surface area contributed by atoms with Crippen molar-refractivity contribution in [2.75, 3.05) is 6.54 Å². The molecule has 2 N–H and O–H groups in total. The molecule has 0 rings (SSSR count). The molecule has 4 nitrogen and oxygen atoms in total. The molecule has 0 bridgehead atoms. The summed E-state index contributed by atoms with van der Waals surface area (Å²) < 4.78 is 0. The van der Waals surface area contributed by atoms with Crippen molar-refractivity contribution in [3.63, 3.8) is 0 Å². The molecule has 0 saturated carbocycles. The van der Waals surface area contributed by atoms with Crippen LogP contribution in [0.2, 0.25) is 0 Å². The summed E-state index contributed by atoms with van der Waals surface area (Å²) in [5.41, 5.74) is 0. The third kappa shape index (κ3) is 6.94. The molecular weight excluding hydrogens is 192 g/mol. The average molecular weight is 214 g/mol. The summed E-state index contributed by atoms with van der Waals surface area (Å²) in [6.45, 7) is 8.33. The van der Waals surface area contributed by atoms with Gasteiger partial charge in [0.15, 0.2) is 0 Å². The maximum absolute atomic E-state index is 11.5. The third-order valence-electron chi connectivity index (χ3n) is 1.93. The lowest BCUT2D eigenvalue weighted by Gasteiger charge is -2.14. The number of amides is 2. The van der Waals surface area contributed by atoms with Gasteiger partial charge < -0.3 is 10.6 Å². The van der Waals surface area contributed by atoms with E-state index in [0.717, 1.165) is 6.42 Å². The van der Waals surface area contributed by atoms with Crippen LogP contribution in [0.15, 0.2) is 0 Å². The first-order chi connectivity index (χ1) is 6.97. The smallest absolute Gasteiger partial charge is 0.242 e. The molecule has 0 aliphatic carbocycles. The topological polar surface area (TPSA) is 58.2 Å². The van der Waals surface area contributed by atoms with Crippen LogP contribution < -0.4 is 10.6 Å². The van der Waals surface area contributed by atoms with Crippen molar-refractivity contribution in [1.29, 1.82) is 0 Å². The number of nitrogens with one attached hydrogen (secondary N) is 2. The number of hydrogen-bond acceptors (Lipinski definition) is 2. The number of rotatable bonds is 6. The van der Waals surface area contributed by atoms with Gasteiger partial charge in [0, 0.05) is 13.0 Å². The molecule has 88 valence electrons. The predicted molar refractivity (Wildman–Crippen MR) is 60.4 cm³/mol. The van der Waals surface area contributed by atoms with Crippen molar-refractivity contribution >= 4 is 11.8 Å². The largest absolute Gasteiger partial charge is 0.354 e. The Morgan fingerprint density at radius 3 is 2.27 bits per heavy atom. The van der Waals surface area contributed by atoms with Gasteiger partial charge in [0.05, 0.1) is 0 Å². The maximum atomic E-state index is 11.5. The van der Waals surface area contributed by atoms with Crippen LogP contribution in [-0.4, -0.2) is 24.4 Å². The molecule has 0 aromatic heterocycles. The van der Waals surface area contributed by atoms with Crippen LogP contribution >= 0.6 is 0 Å². The SMILES string of the molecule is CCCC(=O)NC(C)C(=O)NCC(C)C. The van der Waals surface area contributed by atoms with E-state index in [1.165, 1.54) is 0 Å². The summed E-state index contributed by atoms with van der Waals surface area (Å²) in [6.07, 6.45) is 1.27. The molecule has 0 aromatic carbocycles. The van der Waals surface area contributed by atoms with Gasteiger partial charge in [0.2, 0.25) is 11.8 Å². The highest BCUT2D eigenvalue weighted by Gasteiger charge is 2.14. The highest BCUT2D eigenvalue weighted by molar-refractivity contribution is 5.87. The number of hydrogen-bond donors (Lipinski definition) is 2. The summed E-state index contributed by atoms with van der Waals surface area (Å²) in [5, 5.41) is 5.43. The summed E-state index contributed by atoms with van der Waals surface area (Å²) >= 11 is 0. The van der Waals surface area contributed by atoms with E-state index < -0.39 is 6.04 Å². The lowest BCUT2D eigenvalue weighted by Crippen LogP contribution is -2.45. The van der Waals surface area contributed by atoms with Gasteiger partial charge in [-0.25, -0.2) is 0 Å². The molecule has 4 heteroatoms. The first-order valence-electron chi connectivity index (χ1n) is 5.54. The van der Waals surface area contributed by atoms with Crippen LogP contribution in [0, 0.1) is 5.92 Å². The average Bonchev–Trinajstić information content (AvgIpc) is 2.14. The molecule has 0 radical (unpaired) electrons. The van der Waals surface area contributed by atoms with Crippen LogP contribution in [0.5, 0.6) is 0 Å². The molecule has 0 fully saturated rings. The Labute approximate surface area is 91.8 Å². The second-order valence-corrected chi connectivity index (χ2v) is 4.18. The third-order valence-corrected chi connectivity index (χ3v) is 1.93. The molecule has 0 saturated heterocycles. The summed E-state index contributed by atoms with van der Waals surface area (Å²) in [7, 11) is 0. The van der Waals surface area contributed by atoms with Crippen LogP contribution in [0.1, 0.15) is 40.5 Å². The van der Waals surface area contributed by atoms with Gasteiger partial charge in [-0.05, 0) is 19.3 Å². The summed E-state index contributed by atoms with van der Waals surface area (Å²) in [4.78, 5) is 22.7.